The third-order valence-electron chi connectivity index (χ3n) is 5.06. The molecule has 0 aromatic heterocycles. The highest BCUT2D eigenvalue weighted by molar-refractivity contribution is 4.92. The molecule has 2 fully saturated rings. The first-order valence-electron chi connectivity index (χ1n) is 8.44. The zero-order chi connectivity index (χ0) is 14.9. The fraction of sp³-hybridized carbons (Fsp3) is 1.00. The summed E-state index contributed by atoms with van der Waals surface area (Å²) in [6.45, 7) is 17.2. The highest BCUT2D eigenvalue weighted by Gasteiger charge is 2.37. The standard InChI is InChI=1S/C17H34N2O/c1-12(2)15-11-19(16(9-18-15)13(3)4)10-14-7-8-17(5,6)20-14/h12-16,18H,7-11H2,1-6H3. The molecule has 20 heavy (non-hydrogen) atoms. The minimum atomic E-state index is 0.0868. The molecular formula is C17H34N2O. The van der Waals surface area contributed by atoms with Crippen molar-refractivity contribution in [2.75, 3.05) is 19.6 Å². The number of ether oxygens (including phenoxy) is 1. The summed E-state index contributed by atoms with van der Waals surface area (Å²) in [5.41, 5.74) is 0.0868. The molecule has 3 unspecified atom stereocenters. The van der Waals surface area contributed by atoms with Crippen molar-refractivity contribution in [2.45, 2.75) is 78.2 Å². The molecule has 3 atom stereocenters. The molecule has 0 spiro atoms. The second kappa shape index (κ2) is 6.33. The van der Waals surface area contributed by atoms with Gasteiger partial charge in [-0.15, -0.1) is 0 Å². The molecule has 3 nitrogen and oxygen atoms in total. The predicted octanol–water partition coefficient (Wildman–Crippen LogP) is 2.90. The number of hydrogen-bond acceptors (Lipinski definition) is 3. The minimum absolute atomic E-state index is 0.0868. The maximum Gasteiger partial charge on any atom is 0.0710 e. The van der Waals surface area contributed by atoms with E-state index in [9.17, 15) is 0 Å². The minimum Gasteiger partial charge on any atom is -0.371 e. The van der Waals surface area contributed by atoms with E-state index in [-0.39, 0.29) is 5.60 Å². The molecule has 0 aliphatic carbocycles. The molecule has 2 aliphatic heterocycles. The normalized spacial score (nSPS) is 35.1. The average molecular weight is 282 g/mol. The molecule has 118 valence electrons. The first-order chi connectivity index (χ1) is 9.28. The zero-order valence-electron chi connectivity index (χ0n) is 14.3. The Labute approximate surface area is 125 Å². The predicted molar refractivity (Wildman–Crippen MR) is 85.0 cm³/mol. The highest BCUT2D eigenvalue weighted by atomic mass is 16.5. The van der Waals surface area contributed by atoms with E-state index >= 15 is 0 Å². The number of nitrogens with zero attached hydrogens (tertiary/aromatic N) is 1. The van der Waals surface area contributed by atoms with Crippen LogP contribution in [0.15, 0.2) is 0 Å². The zero-order valence-corrected chi connectivity index (χ0v) is 14.3. The monoisotopic (exact) mass is 282 g/mol. The second-order valence-electron chi connectivity index (χ2n) is 8.06. The van der Waals surface area contributed by atoms with Gasteiger partial charge in [-0.05, 0) is 38.5 Å². The van der Waals surface area contributed by atoms with Gasteiger partial charge in [0, 0.05) is 31.7 Å². The number of hydrogen-bond donors (Lipinski definition) is 1. The van der Waals surface area contributed by atoms with Crippen molar-refractivity contribution in [3.05, 3.63) is 0 Å². The molecule has 0 amide bonds. The van der Waals surface area contributed by atoms with Crippen molar-refractivity contribution in [1.29, 1.82) is 0 Å². The van der Waals surface area contributed by atoms with Gasteiger partial charge >= 0.3 is 0 Å². The summed E-state index contributed by atoms with van der Waals surface area (Å²) < 4.78 is 6.21. The van der Waals surface area contributed by atoms with Crippen LogP contribution >= 0.6 is 0 Å². The SMILES string of the molecule is CC(C)C1CN(CC2CCC(C)(C)O2)C(C(C)C)CN1. The Morgan fingerprint density at radius 2 is 1.90 bits per heavy atom. The van der Waals surface area contributed by atoms with Gasteiger partial charge in [0.1, 0.15) is 0 Å². The van der Waals surface area contributed by atoms with Crippen molar-refractivity contribution in [1.82, 2.24) is 10.2 Å². The van der Waals surface area contributed by atoms with E-state index in [0.717, 1.165) is 13.1 Å². The van der Waals surface area contributed by atoms with Gasteiger partial charge in [0.2, 0.25) is 0 Å². The molecule has 1 N–H and O–H groups in total. The van der Waals surface area contributed by atoms with E-state index in [1.807, 2.05) is 0 Å². The van der Waals surface area contributed by atoms with Crippen LogP contribution in [0.1, 0.15) is 54.4 Å². The quantitative estimate of drug-likeness (QED) is 0.858. The average Bonchev–Trinajstić information content (AvgIpc) is 2.68. The number of piperazine rings is 1. The summed E-state index contributed by atoms with van der Waals surface area (Å²) in [6, 6.07) is 1.27. The van der Waals surface area contributed by atoms with Gasteiger partial charge in [-0.3, -0.25) is 4.90 Å². The van der Waals surface area contributed by atoms with Crippen LogP contribution in [0.3, 0.4) is 0 Å². The van der Waals surface area contributed by atoms with E-state index in [2.05, 4.69) is 51.8 Å². The molecular weight excluding hydrogens is 248 g/mol. The molecule has 0 bridgehead atoms. The van der Waals surface area contributed by atoms with Crippen LogP contribution < -0.4 is 5.32 Å². The summed E-state index contributed by atoms with van der Waals surface area (Å²) in [4.78, 5) is 2.69. The topological polar surface area (TPSA) is 24.5 Å². The highest BCUT2D eigenvalue weighted by Crippen LogP contribution is 2.31. The van der Waals surface area contributed by atoms with Gasteiger partial charge in [0.05, 0.1) is 11.7 Å². The van der Waals surface area contributed by atoms with Crippen molar-refractivity contribution >= 4 is 0 Å². The number of rotatable bonds is 4. The van der Waals surface area contributed by atoms with E-state index in [1.165, 1.54) is 19.4 Å². The van der Waals surface area contributed by atoms with Gasteiger partial charge in [-0.2, -0.15) is 0 Å². The Morgan fingerprint density at radius 3 is 2.40 bits per heavy atom. The Balaban J connectivity index is 1.97. The van der Waals surface area contributed by atoms with Crippen molar-refractivity contribution in [2.24, 2.45) is 11.8 Å². The summed E-state index contributed by atoms with van der Waals surface area (Å²) in [6.07, 6.45) is 2.84. The Morgan fingerprint density at radius 1 is 1.20 bits per heavy atom. The van der Waals surface area contributed by atoms with Crippen LogP contribution in [-0.4, -0.2) is 48.3 Å². The van der Waals surface area contributed by atoms with Crippen molar-refractivity contribution < 1.29 is 4.74 Å². The van der Waals surface area contributed by atoms with Gasteiger partial charge in [0.25, 0.3) is 0 Å². The lowest BCUT2D eigenvalue weighted by Gasteiger charge is -2.44. The molecule has 0 saturated carbocycles. The maximum atomic E-state index is 6.21. The van der Waals surface area contributed by atoms with Crippen LogP contribution in [0.4, 0.5) is 0 Å². The first kappa shape index (κ1) is 16.3. The molecule has 2 aliphatic rings. The van der Waals surface area contributed by atoms with Gasteiger partial charge in [-0.25, -0.2) is 0 Å². The third-order valence-corrected chi connectivity index (χ3v) is 5.06. The van der Waals surface area contributed by atoms with Gasteiger partial charge < -0.3 is 10.1 Å². The smallest absolute Gasteiger partial charge is 0.0710 e. The van der Waals surface area contributed by atoms with E-state index < -0.39 is 0 Å². The maximum absolute atomic E-state index is 6.21. The lowest BCUT2D eigenvalue weighted by Crippen LogP contribution is -2.60. The van der Waals surface area contributed by atoms with E-state index in [0.29, 0.717) is 30.0 Å². The fourth-order valence-corrected chi connectivity index (χ4v) is 3.64. The summed E-state index contributed by atoms with van der Waals surface area (Å²) in [7, 11) is 0. The van der Waals surface area contributed by atoms with Gasteiger partial charge in [0.15, 0.2) is 0 Å². The Hall–Kier alpha value is -0.120. The first-order valence-corrected chi connectivity index (χ1v) is 8.44. The van der Waals surface area contributed by atoms with Crippen molar-refractivity contribution in [3.8, 4) is 0 Å². The van der Waals surface area contributed by atoms with Crippen LogP contribution in [0.5, 0.6) is 0 Å². The largest absolute Gasteiger partial charge is 0.371 e. The molecule has 0 radical (unpaired) electrons. The molecule has 0 aromatic rings. The molecule has 0 aromatic carbocycles. The summed E-state index contributed by atoms with van der Waals surface area (Å²) in [5, 5.41) is 3.74. The molecule has 2 heterocycles. The lowest BCUT2D eigenvalue weighted by atomic mass is 9.93. The molecule has 3 heteroatoms. The van der Waals surface area contributed by atoms with Crippen LogP contribution in [-0.2, 0) is 4.74 Å². The van der Waals surface area contributed by atoms with Crippen molar-refractivity contribution in [3.63, 3.8) is 0 Å². The fourth-order valence-electron chi connectivity index (χ4n) is 3.64. The third kappa shape index (κ3) is 3.96. The molecule has 2 rings (SSSR count). The van der Waals surface area contributed by atoms with E-state index in [1.54, 1.807) is 0 Å². The van der Waals surface area contributed by atoms with Crippen LogP contribution in [0.2, 0.25) is 0 Å². The molecule has 2 saturated heterocycles. The van der Waals surface area contributed by atoms with E-state index in [4.69, 9.17) is 4.74 Å². The number of nitrogens with one attached hydrogen (secondary N) is 1. The van der Waals surface area contributed by atoms with Gasteiger partial charge in [-0.1, -0.05) is 27.7 Å². The summed E-state index contributed by atoms with van der Waals surface area (Å²) >= 11 is 0. The Bertz CT molecular complexity index is 314. The summed E-state index contributed by atoms with van der Waals surface area (Å²) in [5.74, 6) is 1.40. The lowest BCUT2D eigenvalue weighted by molar-refractivity contribution is -0.0434. The van der Waals surface area contributed by atoms with Crippen LogP contribution in [0.25, 0.3) is 0 Å². The second-order valence-corrected chi connectivity index (χ2v) is 8.06. The van der Waals surface area contributed by atoms with Crippen LogP contribution in [0, 0.1) is 11.8 Å². The Kier molecular flexibility index (Phi) is 5.14.